The summed E-state index contributed by atoms with van der Waals surface area (Å²) in [5, 5.41) is 6.39. The van der Waals surface area contributed by atoms with Crippen molar-refractivity contribution in [2.24, 2.45) is 5.92 Å². The maximum atomic E-state index is 11.8. The third kappa shape index (κ3) is 8.54. The Labute approximate surface area is 124 Å². The smallest absolute Gasteiger partial charge is 0.221 e. The molecule has 4 heteroatoms. The minimum Gasteiger partial charge on any atom is -0.356 e. The van der Waals surface area contributed by atoms with Crippen molar-refractivity contribution in [1.29, 1.82) is 0 Å². The number of nitrogens with zero attached hydrogens (tertiary/aromatic N) is 1. The van der Waals surface area contributed by atoms with E-state index < -0.39 is 0 Å². The molecule has 2 N–H and O–H groups in total. The third-order valence-electron chi connectivity index (χ3n) is 3.67. The van der Waals surface area contributed by atoms with Gasteiger partial charge < -0.3 is 15.5 Å². The Morgan fingerprint density at radius 2 is 1.85 bits per heavy atom. The normalized spacial score (nSPS) is 18.8. The van der Waals surface area contributed by atoms with Crippen LogP contribution in [0.15, 0.2) is 0 Å². The second-order valence-corrected chi connectivity index (χ2v) is 7.20. The van der Waals surface area contributed by atoms with Crippen LogP contribution in [0.5, 0.6) is 0 Å². The highest BCUT2D eigenvalue weighted by Crippen LogP contribution is 2.10. The summed E-state index contributed by atoms with van der Waals surface area (Å²) < 4.78 is 0. The van der Waals surface area contributed by atoms with E-state index in [1.807, 2.05) is 0 Å². The van der Waals surface area contributed by atoms with Crippen molar-refractivity contribution in [1.82, 2.24) is 15.5 Å². The van der Waals surface area contributed by atoms with Gasteiger partial charge in [0.2, 0.25) is 5.91 Å². The monoisotopic (exact) mass is 283 g/mol. The molecule has 20 heavy (non-hydrogen) atoms. The van der Waals surface area contributed by atoms with Gasteiger partial charge in [0.15, 0.2) is 0 Å². The van der Waals surface area contributed by atoms with Crippen LogP contribution in [0.3, 0.4) is 0 Å². The molecule has 4 nitrogen and oxygen atoms in total. The van der Waals surface area contributed by atoms with Crippen molar-refractivity contribution in [3.05, 3.63) is 0 Å². The Balaban J connectivity index is 2.07. The van der Waals surface area contributed by atoms with Gasteiger partial charge in [0.1, 0.15) is 0 Å². The third-order valence-corrected chi connectivity index (χ3v) is 3.67. The molecule has 1 aliphatic heterocycles. The van der Waals surface area contributed by atoms with Crippen LogP contribution in [0.4, 0.5) is 0 Å². The molecule has 1 saturated heterocycles. The van der Waals surface area contributed by atoms with Crippen molar-refractivity contribution in [2.45, 2.75) is 58.9 Å². The Morgan fingerprint density at radius 3 is 2.45 bits per heavy atom. The first-order valence-electron chi connectivity index (χ1n) is 8.11. The summed E-state index contributed by atoms with van der Waals surface area (Å²) >= 11 is 0. The number of likely N-dealkylation sites (tertiary alicyclic amines) is 1. The Morgan fingerprint density at radius 1 is 1.20 bits per heavy atom. The minimum absolute atomic E-state index is 0.0852. The highest BCUT2D eigenvalue weighted by molar-refractivity contribution is 5.76. The SMILES string of the molecule is CC(CNC(=O)CCNC(C)(C)C)CN1CCCCC1. The van der Waals surface area contributed by atoms with Gasteiger partial charge in [-0.05, 0) is 52.6 Å². The van der Waals surface area contributed by atoms with E-state index >= 15 is 0 Å². The first kappa shape index (κ1) is 17.4. The lowest BCUT2D eigenvalue weighted by molar-refractivity contribution is -0.121. The van der Waals surface area contributed by atoms with Gasteiger partial charge in [-0.2, -0.15) is 0 Å². The van der Waals surface area contributed by atoms with Crippen molar-refractivity contribution < 1.29 is 4.79 Å². The van der Waals surface area contributed by atoms with Crippen molar-refractivity contribution >= 4 is 5.91 Å². The Bertz CT molecular complexity index is 280. The summed E-state index contributed by atoms with van der Waals surface area (Å²) in [6.07, 6.45) is 4.60. The van der Waals surface area contributed by atoms with Gasteiger partial charge in [-0.25, -0.2) is 0 Å². The van der Waals surface area contributed by atoms with Crippen molar-refractivity contribution in [3.63, 3.8) is 0 Å². The van der Waals surface area contributed by atoms with Crippen LogP contribution in [0, 0.1) is 5.92 Å². The average Bonchev–Trinajstić information content (AvgIpc) is 2.36. The topological polar surface area (TPSA) is 44.4 Å². The number of carbonyl (C=O) groups is 1. The molecule has 1 heterocycles. The van der Waals surface area contributed by atoms with Gasteiger partial charge in [-0.3, -0.25) is 4.79 Å². The minimum atomic E-state index is 0.0852. The summed E-state index contributed by atoms with van der Waals surface area (Å²) in [6.45, 7) is 13.7. The fraction of sp³-hybridized carbons (Fsp3) is 0.938. The fourth-order valence-electron chi connectivity index (χ4n) is 2.57. The number of carbonyl (C=O) groups excluding carboxylic acids is 1. The first-order chi connectivity index (χ1) is 9.37. The van der Waals surface area contributed by atoms with Gasteiger partial charge in [0.25, 0.3) is 0 Å². The first-order valence-corrected chi connectivity index (χ1v) is 8.11. The lowest BCUT2D eigenvalue weighted by Crippen LogP contribution is -2.40. The zero-order chi connectivity index (χ0) is 15.0. The average molecular weight is 283 g/mol. The van der Waals surface area contributed by atoms with Crippen molar-refractivity contribution in [3.8, 4) is 0 Å². The van der Waals surface area contributed by atoms with Gasteiger partial charge in [-0.15, -0.1) is 0 Å². The number of rotatable bonds is 7. The molecule has 1 fully saturated rings. The maximum Gasteiger partial charge on any atom is 0.221 e. The van der Waals surface area contributed by atoms with Gasteiger partial charge in [0.05, 0.1) is 0 Å². The molecule has 0 aromatic heterocycles. The van der Waals surface area contributed by atoms with Crippen LogP contribution in [-0.2, 0) is 4.79 Å². The van der Waals surface area contributed by atoms with Crippen LogP contribution in [0.25, 0.3) is 0 Å². The second-order valence-electron chi connectivity index (χ2n) is 7.20. The molecule has 0 bridgehead atoms. The molecule has 1 unspecified atom stereocenters. The summed E-state index contributed by atoms with van der Waals surface area (Å²) in [4.78, 5) is 14.3. The molecular weight excluding hydrogens is 250 g/mol. The quantitative estimate of drug-likeness (QED) is 0.751. The molecule has 0 spiro atoms. The largest absolute Gasteiger partial charge is 0.356 e. The van der Waals surface area contributed by atoms with Crippen LogP contribution in [-0.4, -0.2) is 49.1 Å². The zero-order valence-corrected chi connectivity index (χ0v) is 13.8. The number of nitrogens with one attached hydrogen (secondary N) is 2. The van der Waals surface area contributed by atoms with E-state index in [0.717, 1.165) is 19.6 Å². The van der Waals surface area contributed by atoms with Crippen molar-refractivity contribution in [2.75, 3.05) is 32.7 Å². The number of amides is 1. The van der Waals surface area contributed by atoms with E-state index in [0.29, 0.717) is 12.3 Å². The highest BCUT2D eigenvalue weighted by Gasteiger charge is 2.14. The summed E-state index contributed by atoms with van der Waals surface area (Å²) in [6, 6.07) is 0. The van der Waals surface area contributed by atoms with Crippen LogP contribution < -0.4 is 10.6 Å². The van der Waals surface area contributed by atoms with E-state index in [1.54, 1.807) is 0 Å². The number of hydrogen-bond donors (Lipinski definition) is 2. The second kappa shape index (κ2) is 8.63. The number of hydrogen-bond acceptors (Lipinski definition) is 3. The molecule has 0 aliphatic carbocycles. The molecule has 1 rings (SSSR count). The molecule has 1 amide bonds. The molecular formula is C16H33N3O. The zero-order valence-electron chi connectivity index (χ0n) is 13.8. The van der Waals surface area contributed by atoms with E-state index in [9.17, 15) is 4.79 Å². The molecule has 1 aliphatic rings. The molecule has 0 radical (unpaired) electrons. The summed E-state index contributed by atoms with van der Waals surface area (Å²) in [5.74, 6) is 0.694. The van der Waals surface area contributed by atoms with Gasteiger partial charge >= 0.3 is 0 Å². The molecule has 0 saturated carbocycles. The molecule has 0 aromatic carbocycles. The standard InChI is InChI=1S/C16H33N3O/c1-14(13-19-10-6-5-7-11-19)12-17-15(20)8-9-18-16(2,3)4/h14,18H,5-13H2,1-4H3,(H,17,20). The van der Waals surface area contributed by atoms with E-state index in [4.69, 9.17) is 0 Å². The lowest BCUT2D eigenvalue weighted by Gasteiger charge is -2.29. The van der Waals surface area contributed by atoms with E-state index in [-0.39, 0.29) is 11.4 Å². The predicted molar refractivity (Wildman–Crippen MR) is 84.8 cm³/mol. The van der Waals surface area contributed by atoms with Crippen LogP contribution in [0.1, 0.15) is 53.4 Å². The fourth-order valence-corrected chi connectivity index (χ4v) is 2.57. The van der Waals surface area contributed by atoms with Crippen LogP contribution >= 0.6 is 0 Å². The molecule has 0 aromatic rings. The van der Waals surface area contributed by atoms with Gasteiger partial charge in [-0.1, -0.05) is 13.3 Å². The maximum absolute atomic E-state index is 11.8. The number of piperidine rings is 1. The Hall–Kier alpha value is -0.610. The predicted octanol–water partition coefficient (Wildman–Crippen LogP) is 2.00. The lowest BCUT2D eigenvalue weighted by atomic mass is 10.1. The highest BCUT2D eigenvalue weighted by atomic mass is 16.1. The molecule has 118 valence electrons. The van der Waals surface area contributed by atoms with Gasteiger partial charge in [0, 0.05) is 31.6 Å². The Kier molecular flexibility index (Phi) is 7.52. The summed E-state index contributed by atoms with van der Waals surface area (Å²) in [7, 11) is 0. The van der Waals surface area contributed by atoms with E-state index in [1.165, 1.54) is 32.4 Å². The molecule has 1 atom stereocenters. The van der Waals surface area contributed by atoms with Crippen LogP contribution in [0.2, 0.25) is 0 Å². The van der Waals surface area contributed by atoms with E-state index in [2.05, 4.69) is 43.2 Å². The summed E-state index contributed by atoms with van der Waals surface area (Å²) in [5.41, 5.74) is 0.0852.